The molecule has 0 bridgehead atoms. The standard InChI is InChI=1S/C21H24N4O6S/c1-15-20(16(2)31-23-15)32(28,29)24-11-8-17(9-12-24)21(27)30-14-19(26)25(13-10-22)18-6-4-3-5-7-18/h3-7,17H,8-9,11-14H2,1-2H3. The lowest BCUT2D eigenvalue weighted by molar-refractivity contribution is -0.153. The molecule has 0 radical (unpaired) electrons. The number of aryl methyl sites for hydroxylation is 2. The van der Waals surface area contributed by atoms with E-state index in [1.54, 1.807) is 44.2 Å². The van der Waals surface area contributed by atoms with Gasteiger partial charge in [0.2, 0.25) is 10.0 Å². The maximum Gasteiger partial charge on any atom is 0.309 e. The van der Waals surface area contributed by atoms with Crippen LogP contribution in [0.2, 0.25) is 0 Å². The molecule has 1 aromatic heterocycles. The van der Waals surface area contributed by atoms with E-state index < -0.39 is 34.4 Å². The van der Waals surface area contributed by atoms with Crippen molar-refractivity contribution in [2.75, 3.05) is 31.1 Å². The van der Waals surface area contributed by atoms with Crippen LogP contribution in [0.25, 0.3) is 0 Å². The molecule has 1 aliphatic rings. The average Bonchev–Trinajstić information content (AvgIpc) is 3.14. The third-order valence-electron chi connectivity index (χ3n) is 5.29. The number of anilines is 1. The van der Waals surface area contributed by atoms with Crippen LogP contribution in [0.3, 0.4) is 0 Å². The van der Waals surface area contributed by atoms with Crippen molar-refractivity contribution in [3.63, 3.8) is 0 Å². The van der Waals surface area contributed by atoms with Crippen molar-refractivity contribution in [2.45, 2.75) is 31.6 Å². The van der Waals surface area contributed by atoms with Crippen LogP contribution in [0.1, 0.15) is 24.3 Å². The van der Waals surface area contributed by atoms with Gasteiger partial charge in [0.15, 0.2) is 12.4 Å². The number of rotatable bonds is 7. The number of aromatic nitrogens is 1. The number of nitriles is 1. The molecule has 2 aromatic rings. The highest BCUT2D eigenvalue weighted by Gasteiger charge is 2.36. The highest BCUT2D eigenvalue weighted by Crippen LogP contribution is 2.28. The molecular weight excluding hydrogens is 436 g/mol. The zero-order valence-corrected chi connectivity index (χ0v) is 18.7. The van der Waals surface area contributed by atoms with Gasteiger partial charge in [0, 0.05) is 18.8 Å². The molecule has 1 fully saturated rings. The molecule has 0 spiro atoms. The lowest BCUT2D eigenvalue weighted by Gasteiger charge is -2.30. The van der Waals surface area contributed by atoms with E-state index in [0.29, 0.717) is 11.4 Å². The van der Waals surface area contributed by atoms with E-state index in [9.17, 15) is 18.0 Å². The predicted molar refractivity (Wildman–Crippen MR) is 113 cm³/mol. The second-order valence-corrected chi connectivity index (χ2v) is 9.29. The van der Waals surface area contributed by atoms with Gasteiger partial charge in [0.05, 0.1) is 12.0 Å². The van der Waals surface area contributed by atoms with Gasteiger partial charge in [-0.1, -0.05) is 23.4 Å². The number of nitrogens with zero attached hydrogens (tertiary/aromatic N) is 4. The first-order valence-corrected chi connectivity index (χ1v) is 11.5. The van der Waals surface area contributed by atoms with Crippen LogP contribution in [0.5, 0.6) is 0 Å². The molecule has 11 heteroatoms. The number of esters is 1. The molecule has 170 valence electrons. The van der Waals surface area contributed by atoms with E-state index in [-0.39, 0.29) is 43.1 Å². The first-order valence-electron chi connectivity index (χ1n) is 10.1. The summed E-state index contributed by atoms with van der Waals surface area (Å²) in [4.78, 5) is 26.3. The van der Waals surface area contributed by atoms with Gasteiger partial charge in [0.1, 0.15) is 17.1 Å². The van der Waals surface area contributed by atoms with Crippen LogP contribution >= 0.6 is 0 Å². The van der Waals surface area contributed by atoms with Crippen LogP contribution in [0.4, 0.5) is 5.69 Å². The topological polar surface area (TPSA) is 134 Å². The van der Waals surface area contributed by atoms with E-state index >= 15 is 0 Å². The fraction of sp³-hybridized carbons (Fsp3) is 0.429. The maximum absolute atomic E-state index is 12.9. The first-order chi connectivity index (χ1) is 15.3. The number of carbonyl (C=O) groups excluding carboxylic acids is 2. The summed E-state index contributed by atoms with van der Waals surface area (Å²) in [5, 5.41) is 12.7. The highest BCUT2D eigenvalue weighted by molar-refractivity contribution is 7.89. The minimum absolute atomic E-state index is 0.0580. The molecule has 2 heterocycles. The lowest BCUT2D eigenvalue weighted by atomic mass is 9.98. The number of hydrogen-bond donors (Lipinski definition) is 0. The first kappa shape index (κ1) is 23.4. The number of sulfonamides is 1. The lowest BCUT2D eigenvalue weighted by Crippen LogP contribution is -2.41. The summed E-state index contributed by atoms with van der Waals surface area (Å²) >= 11 is 0. The van der Waals surface area contributed by atoms with Gasteiger partial charge >= 0.3 is 5.97 Å². The third-order valence-corrected chi connectivity index (χ3v) is 7.43. The number of hydrogen-bond acceptors (Lipinski definition) is 8. The Hall–Kier alpha value is -3.23. The van der Waals surface area contributed by atoms with Gasteiger partial charge in [-0.25, -0.2) is 8.42 Å². The van der Waals surface area contributed by atoms with Crippen LogP contribution in [0, 0.1) is 31.1 Å². The number of piperidine rings is 1. The number of para-hydroxylation sites is 1. The summed E-state index contributed by atoms with van der Waals surface area (Å²) in [5.74, 6) is -1.36. The summed E-state index contributed by atoms with van der Waals surface area (Å²) in [6, 6.07) is 10.6. The SMILES string of the molecule is Cc1noc(C)c1S(=O)(=O)N1CCC(C(=O)OCC(=O)N(CC#N)c2ccccc2)CC1. The summed E-state index contributed by atoms with van der Waals surface area (Å²) in [5.41, 5.74) is 0.829. The van der Waals surface area contributed by atoms with Crippen LogP contribution in [-0.4, -0.2) is 56.0 Å². The zero-order chi connectivity index (χ0) is 23.3. The van der Waals surface area contributed by atoms with Crippen molar-refractivity contribution in [1.82, 2.24) is 9.46 Å². The fourth-order valence-corrected chi connectivity index (χ4v) is 5.40. The second-order valence-electron chi connectivity index (χ2n) is 7.41. The molecule has 1 amide bonds. The van der Waals surface area contributed by atoms with E-state index in [0.717, 1.165) is 0 Å². The number of amides is 1. The average molecular weight is 461 g/mol. The Bertz CT molecular complexity index is 1100. The van der Waals surface area contributed by atoms with Gasteiger partial charge in [0.25, 0.3) is 5.91 Å². The quantitative estimate of drug-likeness (QED) is 0.451. The largest absolute Gasteiger partial charge is 0.455 e. The van der Waals surface area contributed by atoms with E-state index in [2.05, 4.69) is 5.16 Å². The van der Waals surface area contributed by atoms with E-state index in [1.807, 2.05) is 6.07 Å². The van der Waals surface area contributed by atoms with Crippen LogP contribution < -0.4 is 4.90 Å². The molecule has 0 atom stereocenters. The predicted octanol–water partition coefficient (Wildman–Crippen LogP) is 1.79. The number of benzene rings is 1. The third kappa shape index (κ3) is 4.98. The number of ether oxygens (including phenoxy) is 1. The monoisotopic (exact) mass is 460 g/mol. The fourth-order valence-electron chi connectivity index (χ4n) is 3.63. The Balaban J connectivity index is 1.55. The van der Waals surface area contributed by atoms with Crippen molar-refractivity contribution >= 4 is 27.6 Å². The normalized spacial score (nSPS) is 15.2. The Morgan fingerprint density at radius 3 is 2.47 bits per heavy atom. The van der Waals surface area contributed by atoms with Gasteiger partial charge < -0.3 is 9.26 Å². The Labute approximate surface area is 186 Å². The Morgan fingerprint density at radius 1 is 1.25 bits per heavy atom. The van der Waals surface area contributed by atoms with Crippen molar-refractivity contribution < 1.29 is 27.3 Å². The highest BCUT2D eigenvalue weighted by atomic mass is 32.2. The van der Waals surface area contributed by atoms with Gasteiger partial charge in [-0.15, -0.1) is 0 Å². The molecule has 3 rings (SSSR count). The molecule has 1 saturated heterocycles. The van der Waals surface area contributed by atoms with Crippen LogP contribution in [-0.2, 0) is 24.3 Å². The smallest absolute Gasteiger partial charge is 0.309 e. The zero-order valence-electron chi connectivity index (χ0n) is 17.9. The van der Waals surface area contributed by atoms with E-state index in [4.69, 9.17) is 14.5 Å². The van der Waals surface area contributed by atoms with Crippen LogP contribution in [0.15, 0.2) is 39.8 Å². The summed E-state index contributed by atoms with van der Waals surface area (Å²) in [6.45, 7) is 2.73. The Kier molecular flexibility index (Phi) is 7.27. The summed E-state index contributed by atoms with van der Waals surface area (Å²) in [7, 11) is -3.77. The van der Waals surface area contributed by atoms with Crippen molar-refractivity contribution in [3.8, 4) is 6.07 Å². The van der Waals surface area contributed by atoms with Crippen molar-refractivity contribution in [3.05, 3.63) is 41.8 Å². The molecule has 0 saturated carbocycles. The molecule has 0 unspecified atom stereocenters. The maximum atomic E-state index is 12.9. The van der Waals surface area contributed by atoms with Crippen molar-refractivity contribution in [2.24, 2.45) is 5.92 Å². The molecule has 1 aliphatic heterocycles. The van der Waals surface area contributed by atoms with Gasteiger partial charge in [-0.2, -0.15) is 9.57 Å². The summed E-state index contributed by atoms with van der Waals surface area (Å²) in [6.07, 6.45) is 0.548. The number of carbonyl (C=O) groups is 2. The summed E-state index contributed by atoms with van der Waals surface area (Å²) < 4.78 is 37.2. The van der Waals surface area contributed by atoms with Crippen molar-refractivity contribution in [1.29, 1.82) is 5.26 Å². The van der Waals surface area contributed by atoms with Gasteiger partial charge in [-0.3, -0.25) is 14.5 Å². The molecule has 10 nitrogen and oxygen atoms in total. The minimum atomic E-state index is -3.77. The van der Waals surface area contributed by atoms with E-state index in [1.165, 1.54) is 9.21 Å². The molecule has 1 aromatic carbocycles. The minimum Gasteiger partial charge on any atom is -0.455 e. The second kappa shape index (κ2) is 9.93. The molecule has 0 N–H and O–H groups in total. The molecular formula is C21H24N4O6S. The van der Waals surface area contributed by atoms with Gasteiger partial charge in [-0.05, 0) is 38.8 Å². The molecule has 32 heavy (non-hydrogen) atoms. The Morgan fingerprint density at radius 2 is 1.91 bits per heavy atom. The molecule has 0 aliphatic carbocycles.